The summed E-state index contributed by atoms with van der Waals surface area (Å²) in [5, 5.41) is 11.8. The van der Waals surface area contributed by atoms with E-state index in [-0.39, 0.29) is 11.8 Å². The Kier molecular flexibility index (Phi) is 4.42. The molecule has 2 N–H and O–H groups in total. The molecule has 0 aromatic rings. The molecule has 3 unspecified atom stereocenters. The summed E-state index contributed by atoms with van der Waals surface area (Å²) in [7, 11) is 1.55. The fraction of sp³-hybridized carbons (Fsp3) is 0.643. The average molecular weight is 280 g/mol. The van der Waals surface area contributed by atoms with Crippen molar-refractivity contribution in [1.82, 2.24) is 10.2 Å². The fourth-order valence-corrected chi connectivity index (χ4v) is 3.04. The maximum absolute atomic E-state index is 12.6. The summed E-state index contributed by atoms with van der Waals surface area (Å²) in [6.07, 6.45) is 5.91. The van der Waals surface area contributed by atoms with Gasteiger partial charge in [0.25, 0.3) is 0 Å². The third-order valence-electron chi connectivity index (χ3n) is 4.15. The molecular weight excluding hydrogens is 260 g/mol. The van der Waals surface area contributed by atoms with Gasteiger partial charge in [0.2, 0.25) is 11.8 Å². The van der Waals surface area contributed by atoms with Crippen molar-refractivity contribution in [2.45, 2.75) is 31.7 Å². The van der Waals surface area contributed by atoms with Gasteiger partial charge in [-0.2, -0.15) is 0 Å². The normalized spacial score (nSPS) is 29.2. The van der Waals surface area contributed by atoms with E-state index < -0.39 is 23.8 Å². The maximum Gasteiger partial charge on any atom is 0.307 e. The lowest BCUT2D eigenvalue weighted by Gasteiger charge is -2.31. The highest BCUT2D eigenvalue weighted by Crippen LogP contribution is 2.30. The van der Waals surface area contributed by atoms with Crippen molar-refractivity contribution in [2.24, 2.45) is 11.8 Å². The zero-order valence-corrected chi connectivity index (χ0v) is 11.5. The van der Waals surface area contributed by atoms with Crippen LogP contribution in [0.3, 0.4) is 0 Å². The number of carboxylic acids is 1. The molecule has 1 heterocycles. The SMILES string of the molecule is CNC(=O)C1CCCN1C(=O)C1CC=CCC1C(=O)O. The summed E-state index contributed by atoms with van der Waals surface area (Å²) in [6, 6.07) is -0.451. The van der Waals surface area contributed by atoms with Crippen molar-refractivity contribution in [2.75, 3.05) is 13.6 Å². The lowest BCUT2D eigenvalue weighted by molar-refractivity contribution is -0.151. The van der Waals surface area contributed by atoms with Crippen molar-refractivity contribution >= 4 is 17.8 Å². The van der Waals surface area contributed by atoms with E-state index in [0.717, 1.165) is 6.42 Å². The van der Waals surface area contributed by atoms with E-state index in [9.17, 15) is 19.5 Å². The summed E-state index contributed by atoms with van der Waals surface area (Å²) >= 11 is 0. The minimum absolute atomic E-state index is 0.172. The molecule has 20 heavy (non-hydrogen) atoms. The van der Waals surface area contributed by atoms with Crippen LogP contribution < -0.4 is 5.32 Å². The van der Waals surface area contributed by atoms with Gasteiger partial charge in [-0.15, -0.1) is 0 Å². The molecule has 2 aliphatic rings. The topological polar surface area (TPSA) is 86.7 Å². The lowest BCUT2D eigenvalue weighted by atomic mass is 9.82. The summed E-state index contributed by atoms with van der Waals surface area (Å²) in [6.45, 7) is 0.531. The van der Waals surface area contributed by atoms with Crippen LogP contribution in [0.5, 0.6) is 0 Å². The second-order valence-corrected chi connectivity index (χ2v) is 5.30. The van der Waals surface area contributed by atoms with E-state index in [4.69, 9.17) is 0 Å². The number of nitrogens with zero attached hydrogens (tertiary/aromatic N) is 1. The molecule has 0 spiro atoms. The van der Waals surface area contributed by atoms with E-state index >= 15 is 0 Å². The molecule has 0 aromatic heterocycles. The van der Waals surface area contributed by atoms with Crippen LogP contribution in [-0.2, 0) is 14.4 Å². The van der Waals surface area contributed by atoms with Crippen LogP contribution in [0.15, 0.2) is 12.2 Å². The van der Waals surface area contributed by atoms with Crippen molar-refractivity contribution < 1.29 is 19.5 Å². The second-order valence-electron chi connectivity index (χ2n) is 5.30. The van der Waals surface area contributed by atoms with Crippen LogP contribution in [0.1, 0.15) is 25.7 Å². The molecule has 6 nitrogen and oxygen atoms in total. The van der Waals surface area contributed by atoms with Gasteiger partial charge in [0.1, 0.15) is 6.04 Å². The molecule has 2 amide bonds. The van der Waals surface area contributed by atoms with Gasteiger partial charge in [0, 0.05) is 13.6 Å². The number of amides is 2. The standard InChI is InChI=1S/C14H20N2O4/c1-15-12(17)11-7-4-8-16(11)13(18)9-5-2-3-6-10(9)14(19)20/h2-3,9-11H,4-8H2,1H3,(H,15,17)(H,19,20). The van der Waals surface area contributed by atoms with Gasteiger partial charge in [-0.25, -0.2) is 0 Å². The third-order valence-corrected chi connectivity index (χ3v) is 4.15. The number of carbonyl (C=O) groups is 3. The number of rotatable bonds is 3. The van der Waals surface area contributed by atoms with E-state index in [0.29, 0.717) is 25.8 Å². The Hall–Kier alpha value is -1.85. The van der Waals surface area contributed by atoms with Gasteiger partial charge in [-0.1, -0.05) is 12.2 Å². The van der Waals surface area contributed by atoms with Crippen LogP contribution >= 0.6 is 0 Å². The highest BCUT2D eigenvalue weighted by molar-refractivity contribution is 5.91. The number of hydrogen-bond acceptors (Lipinski definition) is 3. The average Bonchev–Trinajstić information content (AvgIpc) is 2.95. The Bertz CT molecular complexity index is 446. The number of nitrogens with one attached hydrogen (secondary N) is 1. The first-order chi connectivity index (χ1) is 9.56. The van der Waals surface area contributed by atoms with E-state index in [2.05, 4.69) is 5.32 Å². The van der Waals surface area contributed by atoms with Gasteiger partial charge in [-0.05, 0) is 25.7 Å². The molecule has 1 aliphatic heterocycles. The van der Waals surface area contributed by atoms with Crippen LogP contribution in [0, 0.1) is 11.8 Å². The number of aliphatic carboxylic acids is 1. The van der Waals surface area contributed by atoms with Gasteiger partial charge < -0.3 is 15.3 Å². The van der Waals surface area contributed by atoms with Crippen molar-refractivity contribution in [3.63, 3.8) is 0 Å². The largest absolute Gasteiger partial charge is 0.481 e. The highest BCUT2D eigenvalue weighted by atomic mass is 16.4. The smallest absolute Gasteiger partial charge is 0.307 e. The van der Waals surface area contributed by atoms with Crippen molar-refractivity contribution in [3.8, 4) is 0 Å². The molecule has 1 fully saturated rings. The Morgan fingerprint density at radius 3 is 2.45 bits per heavy atom. The Labute approximate surface area is 117 Å². The fourth-order valence-electron chi connectivity index (χ4n) is 3.04. The van der Waals surface area contributed by atoms with E-state index in [1.807, 2.05) is 12.2 Å². The number of carbonyl (C=O) groups excluding carboxylic acids is 2. The summed E-state index contributed by atoms with van der Waals surface area (Å²) in [5.41, 5.74) is 0. The number of likely N-dealkylation sites (tertiary alicyclic amines) is 1. The first-order valence-corrected chi connectivity index (χ1v) is 6.96. The monoisotopic (exact) mass is 280 g/mol. The quantitative estimate of drug-likeness (QED) is 0.732. The molecule has 0 radical (unpaired) electrons. The number of carboxylic acid groups (broad SMARTS) is 1. The predicted molar refractivity (Wildman–Crippen MR) is 71.8 cm³/mol. The summed E-state index contributed by atoms with van der Waals surface area (Å²) in [4.78, 5) is 37.2. The van der Waals surface area contributed by atoms with Crippen LogP contribution in [0.2, 0.25) is 0 Å². The highest BCUT2D eigenvalue weighted by Gasteiger charge is 2.41. The molecule has 3 atom stereocenters. The first kappa shape index (κ1) is 14.6. The number of allylic oxidation sites excluding steroid dienone is 2. The molecule has 0 saturated carbocycles. The number of hydrogen-bond donors (Lipinski definition) is 2. The minimum atomic E-state index is -0.941. The molecular formula is C14H20N2O4. The van der Waals surface area contributed by atoms with Crippen LogP contribution in [0.4, 0.5) is 0 Å². The summed E-state index contributed by atoms with van der Waals surface area (Å²) < 4.78 is 0. The van der Waals surface area contributed by atoms with E-state index in [1.165, 1.54) is 0 Å². The second kappa shape index (κ2) is 6.07. The molecule has 110 valence electrons. The van der Waals surface area contributed by atoms with Gasteiger partial charge in [-0.3, -0.25) is 14.4 Å². The van der Waals surface area contributed by atoms with Gasteiger partial charge >= 0.3 is 5.97 Å². The Morgan fingerprint density at radius 1 is 1.20 bits per heavy atom. The zero-order chi connectivity index (χ0) is 14.7. The Balaban J connectivity index is 2.15. The Morgan fingerprint density at radius 2 is 1.85 bits per heavy atom. The minimum Gasteiger partial charge on any atom is -0.481 e. The summed E-state index contributed by atoms with van der Waals surface area (Å²) in [5.74, 6) is -2.55. The molecule has 6 heteroatoms. The first-order valence-electron chi connectivity index (χ1n) is 6.96. The molecule has 1 saturated heterocycles. The van der Waals surface area contributed by atoms with Crippen LogP contribution in [-0.4, -0.2) is 47.4 Å². The predicted octanol–water partition coefficient (Wildman–Crippen LogP) is 0.390. The molecule has 2 rings (SSSR count). The van der Waals surface area contributed by atoms with Crippen molar-refractivity contribution in [3.05, 3.63) is 12.2 Å². The number of likely N-dealkylation sites (N-methyl/N-ethyl adjacent to an activating group) is 1. The van der Waals surface area contributed by atoms with Crippen LogP contribution in [0.25, 0.3) is 0 Å². The van der Waals surface area contributed by atoms with Gasteiger partial charge in [0.05, 0.1) is 11.8 Å². The molecule has 0 aromatic carbocycles. The molecule has 1 aliphatic carbocycles. The van der Waals surface area contributed by atoms with Crippen molar-refractivity contribution in [1.29, 1.82) is 0 Å². The third kappa shape index (κ3) is 2.69. The zero-order valence-electron chi connectivity index (χ0n) is 11.5. The lowest BCUT2D eigenvalue weighted by Crippen LogP contribution is -2.49. The van der Waals surface area contributed by atoms with Gasteiger partial charge in [0.15, 0.2) is 0 Å². The maximum atomic E-state index is 12.6. The molecule has 0 bridgehead atoms. The van der Waals surface area contributed by atoms with E-state index in [1.54, 1.807) is 11.9 Å².